The van der Waals surface area contributed by atoms with Gasteiger partial charge in [-0.15, -0.1) is 0 Å². The average molecular weight is 621 g/mol. The largest absolute Gasteiger partial charge is 0.478 e. The molecule has 0 bridgehead atoms. The number of aliphatic imine (C=N–C) groups is 3. The van der Waals surface area contributed by atoms with Crippen molar-refractivity contribution in [2.75, 3.05) is 18.0 Å². The molecule has 0 spiro atoms. The van der Waals surface area contributed by atoms with Gasteiger partial charge in [-0.2, -0.15) is 0 Å². The summed E-state index contributed by atoms with van der Waals surface area (Å²) in [5.74, 6) is -1.97. The summed E-state index contributed by atoms with van der Waals surface area (Å²) in [4.78, 5) is 76.1. The highest BCUT2D eigenvalue weighted by atomic mass is 16.4. The maximum Gasteiger partial charge on any atom is 0.335 e. The van der Waals surface area contributed by atoms with Crippen molar-refractivity contribution < 1.29 is 19.5 Å². The second-order valence-corrected chi connectivity index (χ2v) is 11.1. The molecule has 2 heterocycles. The predicted octanol–water partition coefficient (Wildman–Crippen LogP) is 2.72. The van der Waals surface area contributed by atoms with Crippen molar-refractivity contribution in [3.8, 4) is 0 Å². The first kappa shape index (κ1) is 31.6. The number of fused-ring (bicyclic) bond motifs is 1. The number of carboxylic acids is 1. The van der Waals surface area contributed by atoms with Crippen LogP contribution in [0, 0.1) is 0 Å². The van der Waals surface area contributed by atoms with E-state index in [4.69, 9.17) is 5.11 Å². The molecule has 0 aromatic heterocycles. The van der Waals surface area contributed by atoms with Crippen molar-refractivity contribution in [3.05, 3.63) is 114 Å². The Labute approximate surface area is 264 Å². The number of rotatable bonds is 9. The lowest BCUT2D eigenvalue weighted by molar-refractivity contribution is -0.117. The number of hydrogen-bond donors (Lipinski definition) is 3. The second kappa shape index (κ2) is 13.5. The van der Waals surface area contributed by atoms with Crippen LogP contribution in [0.1, 0.15) is 52.5 Å². The molecular formula is C34H32N6O6. The second-order valence-electron chi connectivity index (χ2n) is 11.1. The van der Waals surface area contributed by atoms with E-state index in [9.17, 15) is 24.0 Å². The summed E-state index contributed by atoms with van der Waals surface area (Å²) < 4.78 is 0. The predicted molar refractivity (Wildman–Crippen MR) is 176 cm³/mol. The summed E-state index contributed by atoms with van der Waals surface area (Å²) in [6, 6.07) is 11.6. The van der Waals surface area contributed by atoms with Gasteiger partial charge in [0.15, 0.2) is 0 Å². The highest BCUT2D eigenvalue weighted by Crippen LogP contribution is 2.29. The molecule has 12 heteroatoms. The van der Waals surface area contributed by atoms with Crippen LogP contribution >= 0.6 is 0 Å². The first-order valence-electron chi connectivity index (χ1n) is 14.6. The molecule has 1 atom stereocenters. The quantitative estimate of drug-likeness (QED) is 0.244. The molecule has 2 aliphatic heterocycles. The van der Waals surface area contributed by atoms with Gasteiger partial charge in [0, 0.05) is 37.1 Å². The molecule has 2 amide bonds. The van der Waals surface area contributed by atoms with E-state index in [1.807, 2.05) is 23.1 Å². The monoisotopic (exact) mass is 620 g/mol. The molecule has 0 saturated heterocycles. The molecule has 2 aliphatic rings. The van der Waals surface area contributed by atoms with Gasteiger partial charge in [0.25, 0.3) is 16.8 Å². The summed E-state index contributed by atoms with van der Waals surface area (Å²) in [6.45, 7) is 8.11. The minimum Gasteiger partial charge on any atom is -0.478 e. The molecule has 3 aromatic rings. The maximum atomic E-state index is 13.3. The van der Waals surface area contributed by atoms with Crippen LogP contribution in [0.4, 0.5) is 11.4 Å². The molecule has 3 N–H and O–H groups in total. The summed E-state index contributed by atoms with van der Waals surface area (Å²) in [6.07, 6.45) is 5.28. The van der Waals surface area contributed by atoms with Crippen LogP contribution in [0.25, 0.3) is 0 Å². The number of benzene rings is 2. The van der Waals surface area contributed by atoms with Crippen molar-refractivity contribution in [3.63, 3.8) is 0 Å². The fraction of sp³-hybridized carbons (Fsp3) is 0.235. The standard InChI is InChI=1S/C34H32N6O6/c1-19-10-12-36-17-25(15-27(38-19)33(44)39-20(2)22-6-8-24(9-7-22)34(45)46)32(43)37-16-21-4-5-23-11-13-40(18-26(23)14-21)29-28(35-3)30(41)31(29)42/h4-10,12,14-15,20H,3,11,13,16-18H2,1-2H3,(H,37,43)(H,39,44)(H,45,46)/b19-10+,25-15+,36-12?,38-27-/t20-/m0/s1. The molecule has 0 saturated carbocycles. The Kier molecular flexibility index (Phi) is 9.26. The number of carboxylic acid groups (broad SMARTS) is 1. The zero-order valence-electron chi connectivity index (χ0n) is 25.4. The van der Waals surface area contributed by atoms with Crippen LogP contribution in [0.2, 0.25) is 0 Å². The van der Waals surface area contributed by atoms with Gasteiger partial charge in [0.05, 0.1) is 18.2 Å². The molecule has 5 rings (SSSR count). The van der Waals surface area contributed by atoms with Crippen LogP contribution in [-0.2, 0) is 29.1 Å². The third-order valence-corrected chi connectivity index (χ3v) is 7.89. The number of carbonyl (C=O) groups is 3. The van der Waals surface area contributed by atoms with Crippen LogP contribution in [0.5, 0.6) is 0 Å². The van der Waals surface area contributed by atoms with Gasteiger partial charge in [-0.05, 0) is 73.5 Å². The minimum atomic E-state index is -1.04. The van der Waals surface area contributed by atoms with Crippen LogP contribution in [0.15, 0.2) is 90.5 Å². The van der Waals surface area contributed by atoms with Crippen molar-refractivity contribution in [2.45, 2.75) is 39.4 Å². The number of nitrogens with zero attached hydrogens (tertiary/aromatic N) is 4. The van der Waals surface area contributed by atoms with Gasteiger partial charge in [-0.1, -0.05) is 30.3 Å². The fourth-order valence-corrected chi connectivity index (χ4v) is 5.32. The Morgan fingerprint density at radius 2 is 1.83 bits per heavy atom. The number of anilines is 1. The lowest BCUT2D eigenvalue weighted by Crippen LogP contribution is -2.42. The van der Waals surface area contributed by atoms with Crippen molar-refractivity contribution in [1.29, 1.82) is 0 Å². The third kappa shape index (κ3) is 6.80. The SMILES string of the molecule is C=Nc1c(N2CCc3ccc(CNC(=O)/C4=C/C(C(=O)N[C@@H](C)c5ccc(C(=O)O)cc5)=N/C(C)=C/C=NC4)cc3C2)c(=O)c1=O. The average Bonchev–Trinajstić information content (AvgIpc) is 3.15. The van der Waals surface area contributed by atoms with Crippen molar-refractivity contribution in [2.24, 2.45) is 15.0 Å². The number of allylic oxidation sites excluding steroid dienone is 2. The Morgan fingerprint density at radius 3 is 2.54 bits per heavy atom. The molecule has 234 valence electrons. The van der Waals surface area contributed by atoms with Crippen molar-refractivity contribution in [1.82, 2.24) is 10.6 Å². The molecule has 3 aromatic carbocycles. The lowest BCUT2D eigenvalue weighted by Gasteiger charge is -2.31. The van der Waals surface area contributed by atoms with Gasteiger partial charge in [0.2, 0.25) is 5.91 Å². The van der Waals surface area contributed by atoms with Crippen LogP contribution < -0.4 is 26.4 Å². The summed E-state index contributed by atoms with van der Waals surface area (Å²) in [5, 5.41) is 14.9. The van der Waals surface area contributed by atoms with E-state index in [0.29, 0.717) is 36.5 Å². The summed E-state index contributed by atoms with van der Waals surface area (Å²) >= 11 is 0. The van der Waals surface area contributed by atoms with Gasteiger partial charge < -0.3 is 20.6 Å². The number of aromatic carboxylic acids is 1. The molecule has 0 unspecified atom stereocenters. The molecular weight excluding hydrogens is 588 g/mol. The smallest absolute Gasteiger partial charge is 0.335 e. The number of amides is 2. The van der Waals surface area contributed by atoms with Crippen LogP contribution in [-0.4, -0.2) is 54.6 Å². The zero-order chi connectivity index (χ0) is 33.0. The Bertz CT molecular complexity index is 1930. The Hall–Kier alpha value is -5.78. The first-order valence-corrected chi connectivity index (χ1v) is 14.6. The topological polar surface area (TPSA) is 170 Å². The normalized spacial score (nSPS) is 18.7. The zero-order valence-corrected chi connectivity index (χ0v) is 25.4. The van der Waals surface area contributed by atoms with Gasteiger partial charge in [0.1, 0.15) is 17.1 Å². The van der Waals surface area contributed by atoms with E-state index in [1.165, 1.54) is 24.4 Å². The lowest BCUT2D eigenvalue weighted by atomic mass is 9.96. The third-order valence-electron chi connectivity index (χ3n) is 7.89. The summed E-state index contributed by atoms with van der Waals surface area (Å²) in [5.41, 5.74) is 3.80. The minimum absolute atomic E-state index is 0.0226. The maximum absolute atomic E-state index is 13.3. The highest BCUT2D eigenvalue weighted by Gasteiger charge is 2.28. The number of carbonyl (C=O) groups excluding carboxylic acids is 2. The van der Waals surface area contributed by atoms with Crippen LogP contribution in [0.3, 0.4) is 0 Å². The number of nitrogens with one attached hydrogen (secondary N) is 2. The Morgan fingerprint density at radius 1 is 1.07 bits per heavy atom. The van der Waals surface area contributed by atoms with Gasteiger partial charge in [-0.25, -0.2) is 9.79 Å². The summed E-state index contributed by atoms with van der Waals surface area (Å²) in [7, 11) is 0. The van der Waals surface area contributed by atoms with Gasteiger partial charge >= 0.3 is 5.97 Å². The molecule has 46 heavy (non-hydrogen) atoms. The molecule has 12 nitrogen and oxygen atoms in total. The fourth-order valence-electron chi connectivity index (χ4n) is 5.32. The first-order chi connectivity index (χ1) is 22.0. The Balaban J connectivity index is 1.28. The van der Waals surface area contributed by atoms with E-state index < -0.39 is 34.7 Å². The van der Waals surface area contributed by atoms with E-state index >= 15 is 0 Å². The van der Waals surface area contributed by atoms with E-state index in [1.54, 1.807) is 32.1 Å². The molecule has 0 fully saturated rings. The van der Waals surface area contributed by atoms with E-state index in [-0.39, 0.29) is 35.6 Å². The highest BCUT2D eigenvalue weighted by molar-refractivity contribution is 6.44. The van der Waals surface area contributed by atoms with Crippen molar-refractivity contribution >= 4 is 47.8 Å². The number of hydrogen-bond acceptors (Lipinski definition) is 9. The molecule has 0 radical (unpaired) electrons. The van der Waals surface area contributed by atoms with E-state index in [0.717, 1.165) is 16.7 Å². The van der Waals surface area contributed by atoms with E-state index in [2.05, 4.69) is 32.3 Å². The van der Waals surface area contributed by atoms with Gasteiger partial charge in [-0.3, -0.25) is 29.2 Å². The molecule has 0 aliphatic carbocycles.